The molecule has 0 unspecified atom stereocenters. The smallest absolute Gasteiger partial charge is 0.328 e. The van der Waals surface area contributed by atoms with Crippen LogP contribution in [0.25, 0.3) is 0 Å². The third-order valence-electron chi connectivity index (χ3n) is 2.53. The molecule has 0 aromatic carbocycles. The van der Waals surface area contributed by atoms with Gasteiger partial charge in [-0.25, -0.2) is 4.79 Å². The fourth-order valence-electron chi connectivity index (χ4n) is 1.51. The number of ketones is 1. The molecule has 8 heteroatoms. The second-order valence-electron chi connectivity index (χ2n) is 4.05. The normalized spacial score (nSPS) is 11.7. The van der Waals surface area contributed by atoms with Gasteiger partial charge in [0, 0.05) is 6.20 Å². The first-order valence-corrected chi connectivity index (χ1v) is 5.70. The number of nitrogens with zero attached hydrogens (tertiary/aromatic N) is 1. The van der Waals surface area contributed by atoms with E-state index >= 15 is 0 Å². The van der Waals surface area contributed by atoms with E-state index < -0.39 is 42.4 Å². The van der Waals surface area contributed by atoms with Gasteiger partial charge in [-0.1, -0.05) is 0 Å². The summed E-state index contributed by atoms with van der Waals surface area (Å²) in [5, 5.41) is 19.5. The maximum Gasteiger partial charge on any atom is 0.328 e. The number of carbonyl (C=O) groups is 3. The zero-order valence-electron chi connectivity index (χ0n) is 10.7. The molecular formula is C12H14N2O6. The summed E-state index contributed by atoms with van der Waals surface area (Å²) in [5.74, 6) is -2.57. The Morgan fingerprint density at radius 1 is 1.40 bits per heavy atom. The Bertz CT molecular complexity index is 592. The van der Waals surface area contributed by atoms with Crippen LogP contribution in [0, 0.1) is 0 Å². The van der Waals surface area contributed by atoms with Gasteiger partial charge < -0.3 is 20.1 Å². The van der Waals surface area contributed by atoms with Crippen molar-refractivity contribution in [3.05, 3.63) is 34.2 Å². The second kappa shape index (κ2) is 6.62. The zero-order chi connectivity index (χ0) is 15.3. The molecule has 0 aliphatic rings. The fraction of sp³-hybridized carbons (Fsp3) is 0.333. The van der Waals surface area contributed by atoms with E-state index in [1.54, 1.807) is 0 Å². The van der Waals surface area contributed by atoms with Gasteiger partial charge in [-0.3, -0.25) is 14.4 Å². The van der Waals surface area contributed by atoms with Gasteiger partial charge in [-0.2, -0.15) is 0 Å². The van der Waals surface area contributed by atoms with Crippen LogP contribution in [-0.4, -0.2) is 45.1 Å². The maximum atomic E-state index is 11.8. The number of nitrogens with one attached hydrogen (secondary N) is 1. The number of aliphatic carboxylic acids is 1. The van der Waals surface area contributed by atoms with E-state index in [0.29, 0.717) is 0 Å². The number of carboxylic acids is 1. The van der Waals surface area contributed by atoms with Gasteiger partial charge in [0.05, 0.1) is 12.2 Å². The summed E-state index contributed by atoms with van der Waals surface area (Å²) in [4.78, 5) is 45.3. The van der Waals surface area contributed by atoms with Crippen molar-refractivity contribution in [1.29, 1.82) is 0 Å². The molecule has 8 nitrogen and oxygen atoms in total. The Kier molecular flexibility index (Phi) is 5.15. The van der Waals surface area contributed by atoms with Crippen LogP contribution in [0.5, 0.6) is 0 Å². The van der Waals surface area contributed by atoms with Crippen molar-refractivity contribution in [2.24, 2.45) is 0 Å². The first-order valence-electron chi connectivity index (χ1n) is 5.70. The van der Waals surface area contributed by atoms with Crippen molar-refractivity contribution in [2.45, 2.75) is 19.5 Å². The summed E-state index contributed by atoms with van der Waals surface area (Å²) in [6, 6.07) is 1.34. The molecule has 0 aliphatic heterocycles. The number of carboxylic acid groups (broad SMARTS) is 1. The van der Waals surface area contributed by atoms with Gasteiger partial charge >= 0.3 is 5.97 Å². The Morgan fingerprint density at radius 2 is 2.05 bits per heavy atom. The number of rotatable bonds is 6. The van der Waals surface area contributed by atoms with Gasteiger partial charge in [0.2, 0.25) is 5.91 Å². The SMILES string of the molecule is CC(=O)c1cccn(CC(=O)N[C@@H](CO)C(=O)O)c1=O. The number of amides is 1. The molecule has 108 valence electrons. The van der Waals surface area contributed by atoms with Crippen molar-refractivity contribution >= 4 is 17.7 Å². The molecule has 1 aromatic heterocycles. The zero-order valence-corrected chi connectivity index (χ0v) is 10.7. The van der Waals surface area contributed by atoms with Gasteiger partial charge in [0.15, 0.2) is 5.78 Å². The highest BCUT2D eigenvalue weighted by atomic mass is 16.4. The molecule has 1 aromatic rings. The van der Waals surface area contributed by atoms with Crippen LogP contribution >= 0.6 is 0 Å². The van der Waals surface area contributed by atoms with Crippen molar-refractivity contribution < 1.29 is 24.6 Å². The Hall–Kier alpha value is -2.48. The molecular weight excluding hydrogens is 268 g/mol. The number of aliphatic hydroxyl groups is 1. The van der Waals surface area contributed by atoms with E-state index in [4.69, 9.17) is 10.2 Å². The average molecular weight is 282 g/mol. The van der Waals surface area contributed by atoms with Crippen LogP contribution in [-0.2, 0) is 16.1 Å². The molecule has 20 heavy (non-hydrogen) atoms. The molecule has 0 aliphatic carbocycles. The monoisotopic (exact) mass is 282 g/mol. The van der Waals surface area contributed by atoms with Crippen LogP contribution in [0.3, 0.4) is 0 Å². The lowest BCUT2D eigenvalue weighted by molar-refractivity contribution is -0.143. The lowest BCUT2D eigenvalue weighted by Crippen LogP contribution is -2.45. The Balaban J connectivity index is 2.87. The first kappa shape index (κ1) is 15.6. The number of carbonyl (C=O) groups excluding carboxylic acids is 2. The molecule has 1 amide bonds. The van der Waals surface area contributed by atoms with Crippen LogP contribution in [0.2, 0.25) is 0 Å². The van der Waals surface area contributed by atoms with Crippen molar-refractivity contribution in [1.82, 2.24) is 9.88 Å². The van der Waals surface area contributed by atoms with Crippen molar-refractivity contribution in [3.8, 4) is 0 Å². The second-order valence-corrected chi connectivity index (χ2v) is 4.05. The summed E-state index contributed by atoms with van der Waals surface area (Å²) in [7, 11) is 0. The number of pyridine rings is 1. The average Bonchev–Trinajstić information content (AvgIpc) is 2.37. The Labute approximate surface area is 113 Å². The number of aliphatic hydroxyl groups excluding tert-OH is 1. The highest BCUT2D eigenvalue weighted by molar-refractivity contribution is 5.93. The van der Waals surface area contributed by atoms with Crippen molar-refractivity contribution in [3.63, 3.8) is 0 Å². The molecule has 3 N–H and O–H groups in total. The van der Waals surface area contributed by atoms with Crippen LogP contribution in [0.4, 0.5) is 0 Å². The third-order valence-corrected chi connectivity index (χ3v) is 2.53. The topological polar surface area (TPSA) is 126 Å². The maximum absolute atomic E-state index is 11.8. The number of aromatic nitrogens is 1. The summed E-state index contributed by atoms with van der Waals surface area (Å²) >= 11 is 0. The summed E-state index contributed by atoms with van der Waals surface area (Å²) < 4.78 is 0.988. The Morgan fingerprint density at radius 3 is 2.55 bits per heavy atom. The molecule has 0 radical (unpaired) electrons. The molecule has 0 spiro atoms. The minimum absolute atomic E-state index is 0.0581. The minimum atomic E-state index is -1.44. The lowest BCUT2D eigenvalue weighted by Gasteiger charge is -2.12. The largest absolute Gasteiger partial charge is 0.480 e. The predicted molar refractivity (Wildman–Crippen MR) is 67.4 cm³/mol. The van der Waals surface area contributed by atoms with Gasteiger partial charge in [0.25, 0.3) is 5.56 Å². The van der Waals surface area contributed by atoms with Crippen LogP contribution in [0.1, 0.15) is 17.3 Å². The quantitative estimate of drug-likeness (QED) is 0.552. The molecule has 1 rings (SSSR count). The van der Waals surface area contributed by atoms with Gasteiger partial charge in [-0.15, -0.1) is 0 Å². The van der Waals surface area contributed by atoms with Crippen LogP contribution in [0.15, 0.2) is 23.1 Å². The van der Waals surface area contributed by atoms with Crippen molar-refractivity contribution in [2.75, 3.05) is 6.61 Å². The van der Waals surface area contributed by atoms with Gasteiger partial charge in [0.1, 0.15) is 12.6 Å². The highest BCUT2D eigenvalue weighted by Crippen LogP contribution is 1.94. The molecule has 0 saturated heterocycles. The van der Waals surface area contributed by atoms with E-state index in [1.807, 2.05) is 0 Å². The molecule has 1 atom stereocenters. The number of Topliss-reactive ketones (excluding diaryl/α,β-unsaturated/α-hetero) is 1. The minimum Gasteiger partial charge on any atom is -0.480 e. The standard InChI is InChI=1S/C12H14N2O6/c1-7(16)8-3-2-4-14(11(8)18)5-10(17)13-9(6-15)12(19)20/h2-4,9,15H,5-6H2,1H3,(H,13,17)(H,19,20)/t9-/m0/s1. The molecule has 0 bridgehead atoms. The summed E-state index contributed by atoms with van der Waals surface area (Å²) in [6.45, 7) is 0.0283. The first-order chi connectivity index (χ1) is 9.36. The predicted octanol–water partition coefficient (Wildman–Crippen LogP) is -1.39. The fourth-order valence-corrected chi connectivity index (χ4v) is 1.51. The number of hydrogen-bond donors (Lipinski definition) is 3. The van der Waals surface area contributed by atoms with Crippen LogP contribution < -0.4 is 10.9 Å². The van der Waals surface area contributed by atoms with E-state index in [0.717, 1.165) is 4.57 Å². The molecule has 1 heterocycles. The van der Waals surface area contributed by atoms with E-state index in [9.17, 15) is 19.2 Å². The highest BCUT2D eigenvalue weighted by Gasteiger charge is 2.19. The summed E-state index contributed by atoms with van der Waals surface area (Å²) in [6.07, 6.45) is 1.31. The molecule has 0 saturated carbocycles. The molecule has 0 fully saturated rings. The van der Waals surface area contributed by atoms with E-state index in [1.165, 1.54) is 25.3 Å². The van der Waals surface area contributed by atoms with E-state index in [2.05, 4.69) is 5.32 Å². The van der Waals surface area contributed by atoms with Gasteiger partial charge in [-0.05, 0) is 19.1 Å². The van der Waals surface area contributed by atoms with E-state index in [-0.39, 0.29) is 5.56 Å². The third kappa shape index (κ3) is 3.75. The lowest BCUT2D eigenvalue weighted by atomic mass is 10.2. The summed E-state index contributed by atoms with van der Waals surface area (Å²) in [5.41, 5.74) is -0.691. The number of hydrogen-bond acceptors (Lipinski definition) is 5.